The van der Waals surface area contributed by atoms with Crippen LogP contribution < -0.4 is 15.8 Å². The van der Waals surface area contributed by atoms with Gasteiger partial charge in [0, 0.05) is 38.5 Å². The van der Waals surface area contributed by atoms with Crippen LogP contribution in [0.5, 0.6) is 0 Å². The van der Waals surface area contributed by atoms with Crippen molar-refractivity contribution in [2.24, 2.45) is 13.0 Å². The number of imidazole rings is 1. The van der Waals surface area contributed by atoms with Gasteiger partial charge in [0.25, 0.3) is 0 Å². The van der Waals surface area contributed by atoms with E-state index in [4.69, 9.17) is 11.8 Å². The highest BCUT2D eigenvalue weighted by Gasteiger charge is 2.33. The summed E-state index contributed by atoms with van der Waals surface area (Å²) in [6, 6.07) is 5.62. The monoisotopic (exact) mass is 501 g/mol. The Balaban J connectivity index is 1.29. The fraction of sp³-hybridized carbons (Fsp3) is 0.600. The van der Waals surface area contributed by atoms with Crippen LogP contribution in [0.25, 0.3) is 11.0 Å². The van der Waals surface area contributed by atoms with Crippen LogP contribution in [-0.2, 0) is 21.4 Å². The minimum absolute atomic E-state index is 0.103. The summed E-state index contributed by atoms with van der Waals surface area (Å²) in [5.41, 5.74) is 2.37. The van der Waals surface area contributed by atoms with E-state index in [2.05, 4.69) is 10.2 Å². The Kier molecular flexibility index (Phi) is 6.72. The zero-order chi connectivity index (χ0) is 24.7. The summed E-state index contributed by atoms with van der Waals surface area (Å²) >= 11 is 5.74. The van der Waals surface area contributed by atoms with Gasteiger partial charge in [0.15, 0.2) is 0 Å². The summed E-state index contributed by atoms with van der Waals surface area (Å²) in [6.07, 6.45) is 5.97. The Labute approximate surface area is 208 Å². The molecular formula is C25H32ClN5O4. The summed E-state index contributed by atoms with van der Waals surface area (Å²) in [7, 11) is 1.71. The van der Waals surface area contributed by atoms with Crippen molar-refractivity contribution in [3.05, 3.63) is 34.2 Å². The van der Waals surface area contributed by atoms with Crippen molar-refractivity contribution in [2.75, 3.05) is 13.1 Å². The number of aromatic nitrogens is 2. The highest BCUT2D eigenvalue weighted by molar-refractivity contribution is 6.13. The second-order valence-electron chi connectivity index (χ2n) is 10.2. The number of hydrogen-bond donors (Lipinski definition) is 2. The van der Waals surface area contributed by atoms with E-state index in [1.807, 2.05) is 23.1 Å². The minimum atomic E-state index is -0.681. The van der Waals surface area contributed by atoms with E-state index in [0.717, 1.165) is 62.7 Å². The number of fused-ring (bicyclic) bond motifs is 1. The first-order valence-electron chi connectivity index (χ1n) is 12.6. The second-order valence-corrected chi connectivity index (χ2v) is 10.4. The van der Waals surface area contributed by atoms with E-state index in [-0.39, 0.29) is 29.8 Å². The van der Waals surface area contributed by atoms with Crippen LogP contribution in [0.2, 0.25) is 0 Å². The van der Waals surface area contributed by atoms with Gasteiger partial charge in [0.1, 0.15) is 6.04 Å². The lowest BCUT2D eigenvalue weighted by atomic mass is 9.84. The van der Waals surface area contributed by atoms with Crippen molar-refractivity contribution >= 4 is 40.5 Å². The third-order valence-electron chi connectivity index (χ3n) is 8.14. The van der Waals surface area contributed by atoms with Gasteiger partial charge in [-0.15, -0.1) is 0 Å². The molecular weight excluding hydrogens is 470 g/mol. The van der Waals surface area contributed by atoms with Crippen molar-refractivity contribution in [1.29, 1.82) is 0 Å². The Morgan fingerprint density at radius 1 is 1.00 bits per heavy atom. The molecule has 0 spiro atoms. The van der Waals surface area contributed by atoms with Crippen LogP contribution in [0.4, 0.5) is 0 Å². The predicted octanol–water partition coefficient (Wildman–Crippen LogP) is 2.33. The smallest absolute Gasteiger partial charge is 0.329 e. The fourth-order valence-electron chi connectivity index (χ4n) is 6.01. The Hall–Kier alpha value is -2.65. The van der Waals surface area contributed by atoms with Gasteiger partial charge in [-0.1, -0.05) is 6.07 Å². The molecule has 188 valence electrons. The van der Waals surface area contributed by atoms with Crippen LogP contribution in [0.3, 0.4) is 0 Å². The minimum Gasteiger partial charge on any atom is -0.342 e. The zero-order valence-electron chi connectivity index (χ0n) is 20.0. The predicted molar refractivity (Wildman–Crippen MR) is 132 cm³/mol. The summed E-state index contributed by atoms with van der Waals surface area (Å²) < 4.78 is 3.09. The number of benzene rings is 1. The maximum absolute atomic E-state index is 13.0. The second kappa shape index (κ2) is 9.78. The highest BCUT2D eigenvalue weighted by Crippen LogP contribution is 2.33. The number of rotatable bonds is 4. The van der Waals surface area contributed by atoms with Gasteiger partial charge in [0.2, 0.25) is 17.7 Å². The molecule has 2 aliphatic heterocycles. The van der Waals surface area contributed by atoms with E-state index in [1.54, 1.807) is 11.6 Å². The van der Waals surface area contributed by atoms with Crippen molar-refractivity contribution in [3.8, 4) is 0 Å². The van der Waals surface area contributed by atoms with E-state index in [1.165, 1.54) is 4.57 Å². The van der Waals surface area contributed by atoms with E-state index >= 15 is 0 Å². The maximum atomic E-state index is 13.0. The van der Waals surface area contributed by atoms with Crippen LogP contribution in [0, 0.1) is 5.92 Å². The summed E-state index contributed by atoms with van der Waals surface area (Å²) in [4.78, 5) is 54.8. The van der Waals surface area contributed by atoms with Gasteiger partial charge in [0.05, 0.1) is 11.0 Å². The van der Waals surface area contributed by atoms with Gasteiger partial charge >= 0.3 is 5.69 Å². The van der Waals surface area contributed by atoms with Crippen LogP contribution in [-0.4, -0.2) is 50.9 Å². The average molecular weight is 502 g/mol. The van der Waals surface area contributed by atoms with Crippen molar-refractivity contribution in [2.45, 2.75) is 69.4 Å². The highest BCUT2D eigenvalue weighted by atomic mass is 35.5. The van der Waals surface area contributed by atoms with Gasteiger partial charge in [-0.05, 0) is 80.3 Å². The third-order valence-corrected chi connectivity index (χ3v) is 8.45. The molecule has 3 aliphatic rings. The molecule has 9 nitrogen and oxygen atoms in total. The Morgan fingerprint density at radius 2 is 1.71 bits per heavy atom. The zero-order valence-corrected chi connectivity index (χ0v) is 20.7. The average Bonchev–Trinajstić information content (AvgIpc) is 3.13. The molecule has 2 saturated heterocycles. The van der Waals surface area contributed by atoms with Gasteiger partial charge in [-0.25, -0.2) is 9.63 Å². The number of nitrogens with one attached hydrogen (secondary N) is 2. The summed E-state index contributed by atoms with van der Waals surface area (Å²) in [5.74, 6) is -0.0361. The first kappa shape index (κ1) is 24.1. The molecule has 35 heavy (non-hydrogen) atoms. The number of imide groups is 1. The number of aryl methyl sites for hydroxylation is 1. The fourth-order valence-corrected chi connectivity index (χ4v) is 6.22. The topological polar surface area (TPSA) is 105 Å². The van der Waals surface area contributed by atoms with Crippen LogP contribution >= 0.6 is 11.8 Å². The summed E-state index contributed by atoms with van der Waals surface area (Å²) in [5, 5.41) is 2.35. The Morgan fingerprint density at radius 3 is 2.37 bits per heavy atom. The standard InChI is InChI=1S/C25H32ClN5O4/c1-29-21-14-17(4-7-19(21)31(25(29)35)20-8-9-22(32)27-23(20)33)15-10-12-30(13-11-15)24(34)16-2-5-18(28-26)6-3-16/h4,7,14-16,18,20,28H,2-3,5-6,8-13H2,1H3,(H,27,32,33). The molecule has 1 unspecified atom stereocenters. The molecule has 1 aliphatic carbocycles. The lowest BCUT2D eigenvalue weighted by molar-refractivity contribution is -0.138. The van der Waals surface area contributed by atoms with Crippen LogP contribution in [0.15, 0.2) is 23.0 Å². The first-order chi connectivity index (χ1) is 16.9. The SMILES string of the molecule is Cn1c(=O)n(C2CCC(=O)NC2=O)c2ccc(C3CCN(C(=O)C4CCC(NCl)CC4)CC3)cc21. The molecule has 1 aromatic carbocycles. The molecule has 1 aromatic heterocycles. The van der Waals surface area contributed by atoms with Crippen LogP contribution in [0.1, 0.15) is 68.9 Å². The van der Waals surface area contributed by atoms with E-state index in [0.29, 0.717) is 23.9 Å². The molecule has 0 bridgehead atoms. The number of piperidine rings is 2. The maximum Gasteiger partial charge on any atom is 0.329 e. The summed E-state index contributed by atoms with van der Waals surface area (Å²) in [6.45, 7) is 1.48. The number of hydrogen-bond acceptors (Lipinski definition) is 5. The number of carbonyl (C=O) groups excluding carboxylic acids is 3. The molecule has 10 heteroatoms. The number of amides is 3. The molecule has 0 radical (unpaired) electrons. The molecule has 3 fully saturated rings. The van der Waals surface area contributed by atoms with Gasteiger partial charge in [-0.2, -0.15) is 0 Å². The molecule has 1 atom stereocenters. The molecule has 2 N–H and O–H groups in total. The lowest BCUT2D eigenvalue weighted by Crippen LogP contribution is -2.44. The van der Waals surface area contributed by atoms with Gasteiger partial charge in [-0.3, -0.25) is 28.8 Å². The molecule has 5 rings (SSSR count). The molecule has 3 heterocycles. The molecule has 1 saturated carbocycles. The Bertz CT molecular complexity index is 1200. The van der Waals surface area contributed by atoms with Crippen molar-refractivity contribution in [3.63, 3.8) is 0 Å². The number of halogens is 1. The van der Waals surface area contributed by atoms with E-state index < -0.39 is 11.9 Å². The van der Waals surface area contributed by atoms with E-state index in [9.17, 15) is 19.2 Å². The van der Waals surface area contributed by atoms with Crippen molar-refractivity contribution < 1.29 is 14.4 Å². The quantitative estimate of drug-likeness (QED) is 0.494. The largest absolute Gasteiger partial charge is 0.342 e. The molecule has 2 aromatic rings. The third kappa shape index (κ3) is 4.51. The number of nitrogens with zero attached hydrogens (tertiary/aromatic N) is 3. The molecule has 3 amide bonds. The van der Waals surface area contributed by atoms with Crippen molar-refractivity contribution in [1.82, 2.24) is 24.2 Å². The number of carbonyl (C=O) groups is 3. The van der Waals surface area contributed by atoms with Gasteiger partial charge < -0.3 is 4.90 Å². The number of likely N-dealkylation sites (tertiary alicyclic amines) is 1. The first-order valence-corrected chi connectivity index (χ1v) is 12.9. The lowest BCUT2D eigenvalue weighted by Gasteiger charge is -2.36. The normalized spacial score (nSPS) is 26.2.